The molecule has 133 valence electrons. The molecule has 5 heteroatoms. The first-order chi connectivity index (χ1) is 11.2. The van der Waals surface area contributed by atoms with Gasteiger partial charge in [-0.1, -0.05) is 18.2 Å². The van der Waals surface area contributed by atoms with Crippen LogP contribution in [-0.2, 0) is 10.8 Å². The van der Waals surface area contributed by atoms with E-state index in [0.717, 1.165) is 29.3 Å². The Labute approximate surface area is 147 Å². The first-order valence-corrected chi connectivity index (χ1v) is 10.8. The Balaban J connectivity index is 0.000000307. The Bertz CT molecular complexity index is 656. The van der Waals surface area contributed by atoms with Gasteiger partial charge in [0.25, 0.3) is 0 Å². The monoisotopic (exact) mass is 348 g/mol. The molecular weight excluding hydrogens is 318 g/mol. The van der Waals surface area contributed by atoms with Gasteiger partial charge in [-0.3, -0.25) is 9.36 Å². The molecule has 0 saturated heterocycles. The molecule has 0 fully saturated rings. The molecule has 2 aromatic rings. The van der Waals surface area contributed by atoms with Crippen LogP contribution in [-0.4, -0.2) is 36.8 Å². The van der Waals surface area contributed by atoms with Crippen LogP contribution in [0, 0.1) is 0 Å². The van der Waals surface area contributed by atoms with Gasteiger partial charge < -0.3 is 9.53 Å². The Morgan fingerprint density at radius 1 is 1.25 bits per heavy atom. The number of aliphatic hydroxyl groups is 1. The van der Waals surface area contributed by atoms with E-state index in [1.165, 1.54) is 0 Å². The molecule has 0 bridgehead atoms. The highest BCUT2D eigenvalue weighted by atomic mass is 28.3. The zero-order chi connectivity index (χ0) is 18.3. The molecule has 0 saturated carbocycles. The summed E-state index contributed by atoms with van der Waals surface area (Å²) in [5.74, 6) is 0.0199. The van der Waals surface area contributed by atoms with Crippen LogP contribution in [0.25, 0.3) is 10.9 Å². The highest BCUT2D eigenvalue weighted by Crippen LogP contribution is 2.22. The van der Waals surface area contributed by atoms with Crippen LogP contribution in [0.1, 0.15) is 44.5 Å². The molecule has 1 heterocycles. The molecule has 1 aromatic heterocycles. The molecule has 0 atom stereocenters. The van der Waals surface area contributed by atoms with Crippen molar-refractivity contribution >= 4 is 25.9 Å². The molecule has 1 aromatic carbocycles. The van der Waals surface area contributed by atoms with E-state index in [-0.39, 0.29) is 18.1 Å². The van der Waals surface area contributed by atoms with Gasteiger partial charge in [-0.2, -0.15) is 0 Å². The van der Waals surface area contributed by atoms with Crippen LogP contribution in [0.15, 0.2) is 30.5 Å². The van der Waals surface area contributed by atoms with Gasteiger partial charge in [-0.05, 0) is 58.3 Å². The second kappa shape index (κ2) is 9.16. The van der Waals surface area contributed by atoms with Crippen LogP contribution in [0.5, 0.6) is 0 Å². The zero-order valence-corrected chi connectivity index (χ0v) is 16.7. The summed E-state index contributed by atoms with van der Waals surface area (Å²) in [4.78, 5) is 11.5. The minimum absolute atomic E-state index is 0.0199. The molecule has 24 heavy (non-hydrogen) atoms. The summed E-state index contributed by atoms with van der Waals surface area (Å²) in [6, 6.07) is 7.85. The maximum absolute atomic E-state index is 11.5. The van der Waals surface area contributed by atoms with Crippen molar-refractivity contribution in [2.45, 2.75) is 59.2 Å². The molecule has 2 rings (SSSR count). The van der Waals surface area contributed by atoms with E-state index >= 15 is 0 Å². The molecule has 0 spiro atoms. The van der Waals surface area contributed by atoms with Gasteiger partial charge in [0.2, 0.25) is 14.9 Å². The van der Waals surface area contributed by atoms with Crippen molar-refractivity contribution < 1.29 is 14.3 Å². The van der Waals surface area contributed by atoms with Gasteiger partial charge in [0.1, 0.15) is 0 Å². The Morgan fingerprint density at radius 3 is 2.33 bits per heavy atom. The number of aromatic nitrogens is 1. The standard InChI is InChI=1S/C13H15NO2.C6H15OSi/c1-10(16)14-9-11(5-4-8-15)12-6-2-3-7-13(12)14;1-6(2,3)7-8(4)5/h2-3,6-7,9,15H,4-5,8H2,1H3;1-5H3. The fraction of sp³-hybridized carbons (Fsp3) is 0.526. The largest absolute Gasteiger partial charge is 0.413 e. The highest BCUT2D eigenvalue weighted by Gasteiger charge is 2.12. The Morgan fingerprint density at radius 2 is 1.88 bits per heavy atom. The minimum atomic E-state index is -0.492. The molecule has 4 nitrogen and oxygen atoms in total. The Kier molecular flexibility index (Phi) is 7.86. The fourth-order valence-corrected chi connectivity index (χ4v) is 3.82. The number of hydrogen-bond acceptors (Lipinski definition) is 3. The smallest absolute Gasteiger partial charge is 0.227 e. The van der Waals surface area contributed by atoms with Gasteiger partial charge in [0.05, 0.1) is 5.52 Å². The van der Waals surface area contributed by atoms with E-state index in [1.807, 2.05) is 30.5 Å². The summed E-state index contributed by atoms with van der Waals surface area (Å²) < 4.78 is 7.21. The van der Waals surface area contributed by atoms with E-state index in [0.29, 0.717) is 0 Å². The maximum atomic E-state index is 11.5. The highest BCUT2D eigenvalue weighted by molar-refractivity contribution is 6.48. The van der Waals surface area contributed by atoms with Crippen molar-refractivity contribution in [1.82, 2.24) is 4.57 Å². The summed E-state index contributed by atoms with van der Waals surface area (Å²) in [5.41, 5.74) is 2.14. The molecule has 0 aliphatic heterocycles. The number of para-hydroxylation sites is 1. The minimum Gasteiger partial charge on any atom is -0.413 e. The van der Waals surface area contributed by atoms with Gasteiger partial charge >= 0.3 is 0 Å². The summed E-state index contributed by atoms with van der Waals surface area (Å²) in [7, 11) is -0.492. The number of aliphatic hydroxyl groups excluding tert-OH is 1. The third kappa shape index (κ3) is 6.59. The van der Waals surface area contributed by atoms with Gasteiger partial charge in [0, 0.05) is 30.7 Å². The van der Waals surface area contributed by atoms with Gasteiger partial charge in [-0.25, -0.2) is 0 Å². The summed E-state index contributed by atoms with van der Waals surface area (Å²) in [6.45, 7) is 12.3. The van der Waals surface area contributed by atoms with Crippen LogP contribution >= 0.6 is 0 Å². The zero-order valence-electron chi connectivity index (χ0n) is 15.7. The van der Waals surface area contributed by atoms with E-state index in [1.54, 1.807) is 11.5 Å². The number of rotatable bonds is 4. The predicted molar refractivity (Wildman–Crippen MR) is 102 cm³/mol. The number of carbonyl (C=O) groups is 1. The molecule has 0 aliphatic rings. The Hall–Kier alpha value is -1.43. The number of carbonyl (C=O) groups excluding carboxylic acids is 1. The molecule has 0 aliphatic carbocycles. The van der Waals surface area contributed by atoms with Crippen LogP contribution < -0.4 is 0 Å². The van der Waals surface area contributed by atoms with Crippen LogP contribution in [0.3, 0.4) is 0 Å². The van der Waals surface area contributed by atoms with Crippen molar-refractivity contribution in [3.05, 3.63) is 36.0 Å². The van der Waals surface area contributed by atoms with Crippen molar-refractivity contribution in [3.63, 3.8) is 0 Å². The summed E-state index contributed by atoms with van der Waals surface area (Å²) in [6.07, 6.45) is 3.41. The van der Waals surface area contributed by atoms with Crippen LogP contribution in [0.2, 0.25) is 13.1 Å². The topological polar surface area (TPSA) is 51.5 Å². The van der Waals surface area contributed by atoms with Crippen molar-refractivity contribution in [1.29, 1.82) is 0 Å². The lowest BCUT2D eigenvalue weighted by Crippen LogP contribution is -2.25. The summed E-state index contributed by atoms with van der Waals surface area (Å²) in [5, 5.41) is 9.94. The molecular formula is C19H30NO3Si. The van der Waals surface area contributed by atoms with Gasteiger partial charge in [0.15, 0.2) is 0 Å². The van der Waals surface area contributed by atoms with Crippen LogP contribution in [0.4, 0.5) is 0 Å². The van der Waals surface area contributed by atoms with Crippen molar-refractivity contribution in [2.75, 3.05) is 6.61 Å². The third-order valence-corrected chi connectivity index (χ3v) is 4.27. The molecule has 0 amide bonds. The first kappa shape index (κ1) is 20.6. The van der Waals surface area contributed by atoms with E-state index in [2.05, 4.69) is 33.9 Å². The number of nitrogens with zero attached hydrogens (tertiary/aromatic N) is 1. The molecule has 1 N–H and O–H groups in total. The lowest BCUT2D eigenvalue weighted by atomic mass is 10.1. The lowest BCUT2D eigenvalue weighted by Gasteiger charge is -2.21. The second-order valence-corrected chi connectivity index (χ2v) is 9.03. The third-order valence-electron chi connectivity index (χ3n) is 3.25. The van der Waals surface area contributed by atoms with E-state index < -0.39 is 9.04 Å². The molecule has 1 radical (unpaired) electrons. The number of hydrogen-bond donors (Lipinski definition) is 1. The average Bonchev–Trinajstić information content (AvgIpc) is 2.82. The second-order valence-electron chi connectivity index (χ2n) is 7.01. The SMILES string of the molecule is CC(=O)n1cc(CCCO)c2ccccc21.C[Si](C)OC(C)(C)C. The van der Waals surface area contributed by atoms with E-state index in [4.69, 9.17) is 9.53 Å². The first-order valence-electron chi connectivity index (χ1n) is 8.35. The van der Waals surface area contributed by atoms with Crippen molar-refractivity contribution in [2.24, 2.45) is 0 Å². The predicted octanol–water partition coefficient (Wildman–Crippen LogP) is 4.28. The fourth-order valence-electron chi connectivity index (χ4n) is 2.59. The maximum Gasteiger partial charge on any atom is 0.227 e. The number of benzene rings is 1. The van der Waals surface area contributed by atoms with E-state index in [9.17, 15) is 4.79 Å². The average molecular weight is 349 g/mol. The molecule has 0 unspecified atom stereocenters. The summed E-state index contributed by atoms with van der Waals surface area (Å²) >= 11 is 0. The van der Waals surface area contributed by atoms with Gasteiger partial charge in [-0.15, -0.1) is 0 Å². The quantitative estimate of drug-likeness (QED) is 0.839. The normalized spacial score (nSPS) is 11.5. The number of fused-ring (bicyclic) bond motifs is 1. The lowest BCUT2D eigenvalue weighted by molar-refractivity contribution is 0.0941. The van der Waals surface area contributed by atoms with Crippen molar-refractivity contribution in [3.8, 4) is 0 Å². The number of aryl methyl sites for hydroxylation is 1.